The molecule has 2 aromatic rings. The largest absolute Gasteiger partial charge is 0.312 e. The minimum atomic E-state index is -0.000134. The molecule has 2 aromatic carbocycles. The normalized spacial score (nSPS) is 15.8. The van der Waals surface area contributed by atoms with E-state index in [0.717, 1.165) is 41.8 Å². The van der Waals surface area contributed by atoms with Gasteiger partial charge in [-0.1, -0.05) is 133 Å². The molecular weight excluding hydrogens is 534 g/mol. The highest BCUT2D eigenvalue weighted by Gasteiger charge is 2.26. The third kappa shape index (κ3) is 8.86. The predicted octanol–water partition coefficient (Wildman–Crippen LogP) is 12.2. The van der Waals surface area contributed by atoms with E-state index in [0.29, 0.717) is 6.42 Å². The molecule has 1 aliphatic heterocycles. The van der Waals surface area contributed by atoms with E-state index < -0.39 is 0 Å². The zero-order chi connectivity index (χ0) is 33.3. The molecule has 0 radical (unpaired) electrons. The van der Waals surface area contributed by atoms with Gasteiger partial charge in [-0.3, -0.25) is 4.79 Å². The topological polar surface area (TPSA) is 20.3 Å². The summed E-state index contributed by atoms with van der Waals surface area (Å²) in [7, 11) is 0. The lowest BCUT2D eigenvalue weighted by Gasteiger charge is -2.29. The highest BCUT2D eigenvalue weighted by Crippen LogP contribution is 2.40. The first-order valence-corrected chi connectivity index (χ1v) is 16.9. The second-order valence-electron chi connectivity index (χ2n) is 16.9. The van der Waals surface area contributed by atoms with Crippen molar-refractivity contribution in [3.63, 3.8) is 0 Å². The van der Waals surface area contributed by atoms with Gasteiger partial charge in [0.2, 0.25) is 5.91 Å². The Morgan fingerprint density at radius 3 is 1.86 bits per heavy atom. The van der Waals surface area contributed by atoms with Crippen LogP contribution in [0.3, 0.4) is 0 Å². The molecule has 0 aliphatic carbocycles. The molecule has 3 rings (SSSR count). The third-order valence-electron chi connectivity index (χ3n) is 9.36. The van der Waals surface area contributed by atoms with Crippen LogP contribution >= 0.6 is 0 Å². The van der Waals surface area contributed by atoms with E-state index in [9.17, 15) is 4.79 Å². The molecule has 0 N–H and O–H groups in total. The summed E-state index contributed by atoms with van der Waals surface area (Å²) in [5.41, 5.74) is 10.9. The van der Waals surface area contributed by atoms with E-state index in [1.165, 1.54) is 40.7 Å². The van der Waals surface area contributed by atoms with Crippen LogP contribution in [0.1, 0.15) is 139 Å². The van der Waals surface area contributed by atoms with Gasteiger partial charge < -0.3 is 4.90 Å². The van der Waals surface area contributed by atoms with E-state index in [-0.39, 0.29) is 27.6 Å². The van der Waals surface area contributed by atoms with Crippen molar-refractivity contribution in [3.8, 4) is 11.1 Å². The van der Waals surface area contributed by atoms with Gasteiger partial charge in [0.25, 0.3) is 0 Å². The molecule has 0 atom stereocenters. The van der Waals surface area contributed by atoms with Gasteiger partial charge in [0.1, 0.15) is 0 Å². The Bertz CT molecular complexity index is 1390. The van der Waals surface area contributed by atoms with Gasteiger partial charge in [0.05, 0.1) is 0 Å². The van der Waals surface area contributed by atoms with E-state index in [1.807, 2.05) is 4.90 Å². The fourth-order valence-electron chi connectivity index (χ4n) is 5.66. The maximum atomic E-state index is 13.0. The van der Waals surface area contributed by atoms with Crippen LogP contribution in [0.4, 0.5) is 5.69 Å². The maximum absolute atomic E-state index is 13.0. The predicted molar refractivity (Wildman–Crippen MR) is 194 cm³/mol. The van der Waals surface area contributed by atoms with Crippen molar-refractivity contribution >= 4 is 17.2 Å². The number of nitrogens with zero attached hydrogens (tertiary/aromatic N) is 1. The van der Waals surface area contributed by atoms with E-state index >= 15 is 0 Å². The van der Waals surface area contributed by atoms with Crippen LogP contribution in [0.15, 0.2) is 66.3 Å². The first kappa shape index (κ1) is 35.6. The molecule has 1 heterocycles. The Morgan fingerprint density at radius 1 is 0.818 bits per heavy atom. The molecule has 0 aromatic heterocycles. The van der Waals surface area contributed by atoms with Crippen LogP contribution in [0.5, 0.6) is 0 Å². The highest BCUT2D eigenvalue weighted by atomic mass is 16.2. The van der Waals surface area contributed by atoms with Crippen molar-refractivity contribution in [2.75, 3.05) is 11.4 Å². The van der Waals surface area contributed by atoms with Crippen LogP contribution in [0.2, 0.25) is 0 Å². The summed E-state index contributed by atoms with van der Waals surface area (Å²) in [5.74, 6) is 0.219. The van der Waals surface area contributed by atoms with Crippen molar-refractivity contribution < 1.29 is 4.79 Å². The number of carbonyl (C=O) groups excluding carboxylic acids is 1. The summed E-state index contributed by atoms with van der Waals surface area (Å²) < 4.78 is 0. The van der Waals surface area contributed by atoms with E-state index in [2.05, 4.69) is 145 Å². The van der Waals surface area contributed by atoms with E-state index in [1.54, 1.807) is 0 Å². The van der Waals surface area contributed by atoms with Gasteiger partial charge >= 0.3 is 0 Å². The smallest absolute Gasteiger partial charge is 0.227 e. The number of hydrogen-bond acceptors (Lipinski definition) is 1. The van der Waals surface area contributed by atoms with Crippen LogP contribution in [0.25, 0.3) is 16.7 Å². The van der Waals surface area contributed by atoms with Gasteiger partial charge in [0.15, 0.2) is 0 Å². The minimum Gasteiger partial charge on any atom is -0.312 e. The molecule has 0 unspecified atom stereocenters. The summed E-state index contributed by atoms with van der Waals surface area (Å²) in [6.45, 7) is 34.9. The Morgan fingerprint density at radius 2 is 1.39 bits per heavy atom. The van der Waals surface area contributed by atoms with Gasteiger partial charge in [-0.05, 0) is 104 Å². The molecule has 0 saturated carbocycles. The van der Waals surface area contributed by atoms with Crippen molar-refractivity contribution in [2.24, 2.45) is 10.8 Å². The number of hydrogen-bond donors (Lipinski definition) is 0. The molecular formula is C42H61NO. The second kappa shape index (κ2) is 13.2. The molecule has 1 fully saturated rings. The first-order chi connectivity index (χ1) is 20.1. The number of unbranched alkanes of at least 4 members (excludes halogenated alkanes) is 1. The number of allylic oxidation sites excluding steroid dienone is 5. The van der Waals surface area contributed by atoms with Crippen molar-refractivity contribution in [2.45, 2.75) is 133 Å². The quantitative estimate of drug-likeness (QED) is 0.264. The van der Waals surface area contributed by atoms with Crippen molar-refractivity contribution in [3.05, 3.63) is 83.0 Å². The summed E-state index contributed by atoms with van der Waals surface area (Å²) in [4.78, 5) is 15.0. The lowest BCUT2D eigenvalue weighted by molar-refractivity contribution is -0.117. The molecule has 0 bridgehead atoms. The lowest BCUT2D eigenvalue weighted by Crippen LogP contribution is -2.23. The zero-order valence-corrected chi connectivity index (χ0v) is 30.4. The first-order valence-electron chi connectivity index (χ1n) is 16.9. The number of benzene rings is 2. The van der Waals surface area contributed by atoms with Crippen LogP contribution in [-0.2, 0) is 15.6 Å². The SMILES string of the molecule is C=C(/C=C(\C=C(/C)c1cc(-c2cc(C(C)(C)C)cc(C(C)(C)C)c2)cc(N2CCCC2=O)c1)C(C)(C)CCCC)C(C)(C)C. The number of carbonyl (C=O) groups is 1. The fourth-order valence-corrected chi connectivity index (χ4v) is 5.66. The Balaban J connectivity index is 2.29. The minimum absolute atomic E-state index is 0.000134. The van der Waals surface area contributed by atoms with Gasteiger partial charge in [-0.2, -0.15) is 0 Å². The van der Waals surface area contributed by atoms with Crippen molar-refractivity contribution in [1.29, 1.82) is 0 Å². The second-order valence-corrected chi connectivity index (χ2v) is 16.9. The molecule has 2 nitrogen and oxygen atoms in total. The number of anilines is 1. The number of amides is 1. The third-order valence-corrected chi connectivity index (χ3v) is 9.36. The monoisotopic (exact) mass is 595 g/mol. The van der Waals surface area contributed by atoms with Gasteiger partial charge in [-0.15, -0.1) is 0 Å². The van der Waals surface area contributed by atoms with Gasteiger partial charge in [0, 0.05) is 18.7 Å². The lowest BCUT2D eigenvalue weighted by atomic mass is 9.75. The maximum Gasteiger partial charge on any atom is 0.227 e. The molecule has 2 heteroatoms. The summed E-state index contributed by atoms with van der Waals surface area (Å²) in [6, 6.07) is 13.9. The van der Waals surface area contributed by atoms with Crippen LogP contribution in [-0.4, -0.2) is 12.5 Å². The summed E-state index contributed by atoms with van der Waals surface area (Å²) in [6.07, 6.45) is 9.74. The molecule has 0 spiro atoms. The fraction of sp³-hybridized carbons (Fsp3) is 0.548. The van der Waals surface area contributed by atoms with Crippen molar-refractivity contribution in [1.82, 2.24) is 0 Å². The average molecular weight is 596 g/mol. The Hall–Kier alpha value is -2.87. The summed E-state index contributed by atoms with van der Waals surface area (Å²) in [5, 5.41) is 0. The number of rotatable bonds is 9. The summed E-state index contributed by atoms with van der Waals surface area (Å²) >= 11 is 0. The van der Waals surface area contributed by atoms with Crippen LogP contribution < -0.4 is 4.90 Å². The Kier molecular flexibility index (Phi) is 10.7. The molecule has 1 saturated heterocycles. The molecule has 1 aliphatic rings. The zero-order valence-electron chi connectivity index (χ0n) is 30.4. The Labute approximate surface area is 270 Å². The van der Waals surface area contributed by atoms with E-state index in [4.69, 9.17) is 0 Å². The standard InChI is InChI=1S/C42H61NO/c1-15-16-19-42(13,14)36(22-30(3)39(4,5)6)21-29(2)31-23-32(27-37(26-31)43-20-17-18-38(43)44)33-24-34(40(7,8)9)28-35(25-33)41(10,11)12/h21-28H,3,15-20H2,1-2,4-14H3/b29-21+,36-22+. The van der Waals surface area contributed by atoms with Gasteiger partial charge in [-0.25, -0.2) is 0 Å². The van der Waals surface area contributed by atoms with Crippen LogP contribution in [0, 0.1) is 10.8 Å². The molecule has 240 valence electrons. The molecule has 1 amide bonds. The highest BCUT2D eigenvalue weighted by molar-refractivity contribution is 5.96. The average Bonchev–Trinajstić information content (AvgIpc) is 3.35. The molecule has 44 heavy (non-hydrogen) atoms.